The molecular weight excluding hydrogens is 321 g/mol. The van der Waals surface area contributed by atoms with E-state index in [-0.39, 0.29) is 17.0 Å². The topological polar surface area (TPSA) is 105 Å². The third-order valence-electron chi connectivity index (χ3n) is 2.93. The van der Waals surface area contributed by atoms with Crippen molar-refractivity contribution in [2.24, 2.45) is 0 Å². The number of H-pyrrole nitrogens is 1. The Morgan fingerprint density at radius 2 is 1.96 bits per heavy atom. The van der Waals surface area contributed by atoms with Gasteiger partial charge in [0.05, 0.1) is 16.3 Å². The zero-order chi connectivity index (χ0) is 17.4. The Morgan fingerprint density at radius 3 is 2.48 bits per heavy atom. The van der Waals surface area contributed by atoms with Gasteiger partial charge in [0.15, 0.2) is 5.56 Å². The Bertz CT molecular complexity index is 782. The maximum absolute atomic E-state index is 12.5. The number of alkyl halides is 3. The van der Waals surface area contributed by atoms with Gasteiger partial charge in [-0.3, -0.25) is 10.1 Å². The summed E-state index contributed by atoms with van der Waals surface area (Å²) < 4.78 is 41.2. The second-order valence-electron chi connectivity index (χ2n) is 4.45. The lowest BCUT2D eigenvalue weighted by atomic mass is 10.1. The third kappa shape index (κ3) is 3.25. The van der Waals surface area contributed by atoms with Crippen LogP contribution in [0.15, 0.2) is 24.3 Å². The Morgan fingerprint density at radius 1 is 1.35 bits per heavy atom. The second kappa shape index (κ2) is 5.63. The lowest BCUT2D eigenvalue weighted by Crippen LogP contribution is -2.17. The van der Waals surface area contributed by atoms with Crippen LogP contribution in [0.25, 0.3) is 11.3 Å². The molecule has 0 atom stereocenters. The van der Waals surface area contributed by atoms with Crippen LogP contribution in [0.3, 0.4) is 0 Å². The molecule has 2 N–H and O–H groups in total. The minimum absolute atomic E-state index is 0.0933. The quantitative estimate of drug-likeness (QED) is 0.659. The molecule has 1 aromatic carbocycles. The number of hydrogen-bond acceptors (Lipinski definition) is 4. The van der Waals surface area contributed by atoms with Crippen LogP contribution in [0, 0.1) is 17.0 Å². The average Bonchev–Trinajstić information content (AvgIpc) is 2.75. The molecule has 0 aliphatic rings. The summed E-state index contributed by atoms with van der Waals surface area (Å²) in [4.78, 5) is 23.9. The Hall–Kier alpha value is -3.04. The van der Waals surface area contributed by atoms with Gasteiger partial charge in [-0.15, -0.1) is 13.2 Å². The van der Waals surface area contributed by atoms with E-state index in [0.29, 0.717) is 0 Å². The molecule has 0 radical (unpaired) electrons. The number of para-hydroxylation sites is 1. The molecule has 0 aliphatic carbocycles. The molecule has 0 saturated carbocycles. The Balaban J connectivity index is 2.71. The van der Waals surface area contributed by atoms with E-state index in [1.165, 1.54) is 25.1 Å². The van der Waals surface area contributed by atoms with Crippen LogP contribution in [0.5, 0.6) is 5.75 Å². The molecule has 0 saturated heterocycles. The van der Waals surface area contributed by atoms with Crippen molar-refractivity contribution in [2.75, 3.05) is 0 Å². The molecule has 7 nitrogen and oxygen atoms in total. The normalized spacial score (nSPS) is 11.3. The molecule has 1 heterocycles. The number of nitro groups is 1. The van der Waals surface area contributed by atoms with E-state index in [4.69, 9.17) is 0 Å². The summed E-state index contributed by atoms with van der Waals surface area (Å²) >= 11 is 0. The molecule has 10 heteroatoms. The van der Waals surface area contributed by atoms with Crippen LogP contribution in [-0.4, -0.2) is 27.3 Å². The Labute approximate surface area is 126 Å². The van der Waals surface area contributed by atoms with Crippen LogP contribution in [0.1, 0.15) is 16.1 Å². The number of nitrogens with one attached hydrogen (secondary N) is 1. The molecule has 2 aromatic rings. The predicted molar refractivity (Wildman–Crippen MR) is 71.3 cm³/mol. The number of aromatic amines is 1. The summed E-state index contributed by atoms with van der Waals surface area (Å²) in [6.45, 7) is 1.25. The highest BCUT2D eigenvalue weighted by Gasteiger charge is 2.35. The van der Waals surface area contributed by atoms with Crippen molar-refractivity contribution in [1.29, 1.82) is 0 Å². The zero-order valence-electron chi connectivity index (χ0n) is 11.5. The highest BCUT2D eigenvalue weighted by atomic mass is 19.4. The fraction of sp³-hybridized carbons (Fsp3) is 0.154. The van der Waals surface area contributed by atoms with Gasteiger partial charge in [-0.05, 0) is 19.1 Å². The van der Waals surface area contributed by atoms with Crippen LogP contribution in [0.2, 0.25) is 0 Å². The van der Waals surface area contributed by atoms with Gasteiger partial charge < -0.3 is 14.8 Å². The molecule has 122 valence electrons. The maximum Gasteiger partial charge on any atom is 0.573 e. The van der Waals surface area contributed by atoms with Gasteiger partial charge in [0, 0.05) is 5.56 Å². The molecule has 2 rings (SSSR count). The molecule has 0 amide bonds. The number of nitrogens with zero attached hydrogens (tertiary/aromatic N) is 1. The number of benzene rings is 1. The monoisotopic (exact) mass is 330 g/mol. The average molecular weight is 330 g/mol. The van der Waals surface area contributed by atoms with Crippen LogP contribution >= 0.6 is 0 Å². The minimum Gasteiger partial charge on any atom is -0.477 e. The van der Waals surface area contributed by atoms with Crippen molar-refractivity contribution in [3.63, 3.8) is 0 Å². The van der Waals surface area contributed by atoms with E-state index >= 15 is 0 Å². The Kier molecular flexibility index (Phi) is 4.00. The van der Waals surface area contributed by atoms with E-state index in [2.05, 4.69) is 9.72 Å². The lowest BCUT2D eigenvalue weighted by molar-refractivity contribution is -0.385. The SMILES string of the molecule is Cc1[nH]c(-c2ccccc2OC(F)(F)F)c(C(=O)O)c1[N+](=O)[O-]. The number of carbonyl (C=O) groups is 1. The lowest BCUT2D eigenvalue weighted by Gasteiger charge is -2.12. The van der Waals surface area contributed by atoms with Crippen molar-refractivity contribution >= 4 is 11.7 Å². The van der Waals surface area contributed by atoms with E-state index in [1.807, 2.05) is 0 Å². The second-order valence-corrected chi connectivity index (χ2v) is 4.45. The fourth-order valence-corrected chi connectivity index (χ4v) is 2.14. The number of hydrogen-bond donors (Lipinski definition) is 2. The number of ether oxygens (including phenoxy) is 1. The molecular formula is C13H9F3N2O5. The summed E-state index contributed by atoms with van der Waals surface area (Å²) in [7, 11) is 0. The standard InChI is InChI=1S/C13H9F3N2O5/c1-6-11(18(21)22)9(12(19)20)10(17-6)7-4-2-3-5-8(7)23-13(14,15)16/h2-5,17H,1H3,(H,19,20). The summed E-state index contributed by atoms with van der Waals surface area (Å²) in [5, 5.41) is 20.2. The van der Waals surface area contributed by atoms with Crippen molar-refractivity contribution in [2.45, 2.75) is 13.3 Å². The van der Waals surface area contributed by atoms with Crippen molar-refractivity contribution in [1.82, 2.24) is 4.98 Å². The van der Waals surface area contributed by atoms with Gasteiger partial charge in [-0.1, -0.05) is 12.1 Å². The molecule has 0 spiro atoms. The highest BCUT2D eigenvalue weighted by Crippen LogP contribution is 2.39. The van der Waals surface area contributed by atoms with Gasteiger partial charge in [0.25, 0.3) is 0 Å². The summed E-state index contributed by atoms with van der Waals surface area (Å²) in [5.41, 5.74) is -2.12. The summed E-state index contributed by atoms with van der Waals surface area (Å²) in [5.74, 6) is -2.31. The molecule has 0 bridgehead atoms. The van der Waals surface area contributed by atoms with Crippen LogP contribution in [-0.2, 0) is 0 Å². The van der Waals surface area contributed by atoms with E-state index in [0.717, 1.165) is 6.07 Å². The van der Waals surface area contributed by atoms with Gasteiger partial charge in [-0.25, -0.2) is 4.79 Å². The van der Waals surface area contributed by atoms with Gasteiger partial charge in [0.2, 0.25) is 0 Å². The number of rotatable bonds is 4. The van der Waals surface area contributed by atoms with E-state index in [1.54, 1.807) is 0 Å². The molecule has 0 aliphatic heterocycles. The first kappa shape index (κ1) is 16.3. The van der Waals surface area contributed by atoms with Gasteiger partial charge in [-0.2, -0.15) is 0 Å². The number of aryl methyl sites for hydroxylation is 1. The third-order valence-corrected chi connectivity index (χ3v) is 2.93. The molecule has 23 heavy (non-hydrogen) atoms. The van der Waals surface area contributed by atoms with Crippen LogP contribution < -0.4 is 4.74 Å². The van der Waals surface area contributed by atoms with E-state index in [9.17, 15) is 33.2 Å². The summed E-state index contributed by atoms with van der Waals surface area (Å²) in [6, 6.07) is 4.76. The fourth-order valence-electron chi connectivity index (χ4n) is 2.14. The smallest absolute Gasteiger partial charge is 0.477 e. The summed E-state index contributed by atoms with van der Waals surface area (Å²) in [6.07, 6.45) is -4.99. The predicted octanol–water partition coefficient (Wildman–Crippen LogP) is 3.50. The first-order valence-corrected chi connectivity index (χ1v) is 6.07. The van der Waals surface area contributed by atoms with Gasteiger partial charge >= 0.3 is 18.0 Å². The minimum atomic E-state index is -4.99. The number of carboxylic acids is 1. The molecule has 1 aromatic heterocycles. The number of halogens is 3. The van der Waals surface area contributed by atoms with Gasteiger partial charge in [0.1, 0.15) is 5.75 Å². The van der Waals surface area contributed by atoms with E-state index < -0.39 is 34.3 Å². The molecule has 0 unspecified atom stereocenters. The largest absolute Gasteiger partial charge is 0.573 e. The van der Waals surface area contributed by atoms with Crippen molar-refractivity contribution < 1.29 is 32.7 Å². The number of aromatic nitrogens is 1. The highest BCUT2D eigenvalue weighted by molar-refractivity contribution is 6.01. The maximum atomic E-state index is 12.5. The molecule has 0 fully saturated rings. The number of carboxylic acid groups (broad SMARTS) is 1. The first-order chi connectivity index (χ1) is 10.6. The first-order valence-electron chi connectivity index (χ1n) is 6.07. The van der Waals surface area contributed by atoms with Crippen molar-refractivity contribution in [3.05, 3.63) is 45.6 Å². The number of aromatic carboxylic acids is 1. The van der Waals surface area contributed by atoms with Crippen molar-refractivity contribution in [3.8, 4) is 17.0 Å². The van der Waals surface area contributed by atoms with Crippen LogP contribution in [0.4, 0.5) is 18.9 Å². The zero-order valence-corrected chi connectivity index (χ0v) is 11.5.